The van der Waals surface area contributed by atoms with Gasteiger partial charge in [0.15, 0.2) is 11.6 Å². The zero-order chi connectivity index (χ0) is 20.1. The highest BCUT2D eigenvalue weighted by Gasteiger charge is 2.30. The zero-order valence-corrected chi connectivity index (χ0v) is 16.1. The van der Waals surface area contributed by atoms with Gasteiger partial charge in [-0.2, -0.15) is 0 Å². The predicted octanol–water partition coefficient (Wildman–Crippen LogP) is 3.42. The Hall–Kier alpha value is -2.55. The summed E-state index contributed by atoms with van der Waals surface area (Å²) >= 11 is 1.21. The number of carbonyl (C=O) groups excluding carboxylic acids is 2. The lowest BCUT2D eigenvalue weighted by atomic mass is 9.98. The highest BCUT2D eigenvalue weighted by atomic mass is 32.1. The van der Waals surface area contributed by atoms with Crippen LogP contribution < -0.4 is 4.74 Å². The van der Waals surface area contributed by atoms with Gasteiger partial charge in [0.05, 0.1) is 12.5 Å². The predicted molar refractivity (Wildman–Crippen MR) is 98.1 cm³/mol. The lowest BCUT2D eigenvalue weighted by molar-refractivity contribution is -0.149. The SMILES string of the molecule is CCOC(=O)[C@@H]1CCCN(C(=O)c2csc(COc3ccc(F)cc3F)n2)C1. The number of aromatic nitrogens is 1. The van der Waals surface area contributed by atoms with Crippen molar-refractivity contribution < 1.29 is 27.8 Å². The van der Waals surface area contributed by atoms with E-state index in [-0.39, 0.29) is 35.8 Å². The maximum atomic E-state index is 13.6. The second-order valence-electron chi connectivity index (χ2n) is 6.33. The molecule has 0 bridgehead atoms. The molecule has 2 aromatic rings. The van der Waals surface area contributed by atoms with Gasteiger partial charge < -0.3 is 14.4 Å². The number of esters is 1. The number of hydrogen-bond donors (Lipinski definition) is 0. The average molecular weight is 410 g/mol. The number of amides is 1. The van der Waals surface area contributed by atoms with E-state index < -0.39 is 11.6 Å². The van der Waals surface area contributed by atoms with Crippen LogP contribution in [0.15, 0.2) is 23.6 Å². The first-order chi connectivity index (χ1) is 13.5. The van der Waals surface area contributed by atoms with E-state index in [1.54, 1.807) is 17.2 Å². The van der Waals surface area contributed by atoms with Crippen molar-refractivity contribution in [3.05, 3.63) is 45.9 Å². The Bertz CT molecular complexity index is 858. The Labute approximate surface area is 165 Å². The number of rotatable bonds is 6. The molecule has 1 aliphatic heterocycles. The fraction of sp³-hybridized carbons (Fsp3) is 0.421. The van der Waals surface area contributed by atoms with E-state index in [4.69, 9.17) is 9.47 Å². The van der Waals surface area contributed by atoms with E-state index >= 15 is 0 Å². The summed E-state index contributed by atoms with van der Waals surface area (Å²) in [6, 6.07) is 3.04. The second kappa shape index (κ2) is 9.09. The molecule has 2 heterocycles. The molecule has 1 fully saturated rings. The van der Waals surface area contributed by atoms with Crippen molar-refractivity contribution in [2.75, 3.05) is 19.7 Å². The fourth-order valence-electron chi connectivity index (χ4n) is 2.98. The number of halogens is 2. The number of nitrogens with zero attached hydrogens (tertiary/aromatic N) is 2. The first-order valence-electron chi connectivity index (χ1n) is 8.96. The van der Waals surface area contributed by atoms with Gasteiger partial charge in [0.1, 0.15) is 23.1 Å². The number of benzene rings is 1. The summed E-state index contributed by atoms with van der Waals surface area (Å²) in [6.07, 6.45) is 1.42. The molecule has 1 atom stereocenters. The highest BCUT2D eigenvalue weighted by molar-refractivity contribution is 7.09. The molecule has 3 rings (SSSR count). The number of hydrogen-bond acceptors (Lipinski definition) is 6. The molecular weight excluding hydrogens is 390 g/mol. The van der Waals surface area contributed by atoms with E-state index in [9.17, 15) is 18.4 Å². The maximum absolute atomic E-state index is 13.6. The summed E-state index contributed by atoms with van der Waals surface area (Å²) in [6.45, 7) is 2.89. The van der Waals surface area contributed by atoms with E-state index in [1.165, 1.54) is 17.4 Å². The largest absolute Gasteiger partial charge is 0.483 e. The molecule has 6 nitrogen and oxygen atoms in total. The van der Waals surface area contributed by atoms with Crippen molar-refractivity contribution in [1.29, 1.82) is 0 Å². The molecule has 150 valence electrons. The molecule has 0 radical (unpaired) electrons. The Kier molecular flexibility index (Phi) is 6.56. The molecule has 0 aliphatic carbocycles. The zero-order valence-electron chi connectivity index (χ0n) is 15.3. The van der Waals surface area contributed by atoms with Gasteiger partial charge in [-0.15, -0.1) is 11.3 Å². The molecule has 0 spiro atoms. The van der Waals surface area contributed by atoms with Crippen LogP contribution in [-0.4, -0.2) is 41.5 Å². The van der Waals surface area contributed by atoms with E-state index in [2.05, 4.69) is 4.98 Å². The topological polar surface area (TPSA) is 68.7 Å². The van der Waals surface area contributed by atoms with Crippen molar-refractivity contribution in [2.24, 2.45) is 5.92 Å². The summed E-state index contributed by atoms with van der Waals surface area (Å²) in [4.78, 5) is 30.5. The summed E-state index contributed by atoms with van der Waals surface area (Å²) in [7, 11) is 0. The van der Waals surface area contributed by atoms with Gasteiger partial charge in [0.25, 0.3) is 5.91 Å². The van der Waals surface area contributed by atoms with E-state index in [0.717, 1.165) is 18.6 Å². The van der Waals surface area contributed by atoms with Crippen LogP contribution in [0.5, 0.6) is 5.75 Å². The lowest BCUT2D eigenvalue weighted by Crippen LogP contribution is -2.43. The van der Waals surface area contributed by atoms with Crippen LogP contribution in [0.4, 0.5) is 8.78 Å². The number of likely N-dealkylation sites (tertiary alicyclic amines) is 1. The van der Waals surface area contributed by atoms with Crippen LogP contribution in [0, 0.1) is 17.6 Å². The van der Waals surface area contributed by atoms with Crippen LogP contribution in [0.25, 0.3) is 0 Å². The number of carbonyl (C=O) groups is 2. The molecule has 0 N–H and O–H groups in total. The second-order valence-corrected chi connectivity index (χ2v) is 7.27. The van der Waals surface area contributed by atoms with E-state index in [0.29, 0.717) is 31.1 Å². The van der Waals surface area contributed by atoms with Crippen LogP contribution >= 0.6 is 11.3 Å². The summed E-state index contributed by atoms with van der Waals surface area (Å²) in [5.74, 6) is -2.43. The van der Waals surface area contributed by atoms with Crippen molar-refractivity contribution in [3.63, 3.8) is 0 Å². The minimum Gasteiger partial charge on any atom is -0.483 e. The van der Waals surface area contributed by atoms with E-state index in [1.807, 2.05) is 0 Å². The first kappa shape index (κ1) is 20.2. The van der Waals surface area contributed by atoms with Crippen molar-refractivity contribution in [1.82, 2.24) is 9.88 Å². The third-order valence-electron chi connectivity index (χ3n) is 4.34. The van der Waals surface area contributed by atoms with Crippen LogP contribution in [0.3, 0.4) is 0 Å². The Balaban J connectivity index is 1.59. The molecule has 1 amide bonds. The first-order valence-corrected chi connectivity index (χ1v) is 9.84. The third-order valence-corrected chi connectivity index (χ3v) is 5.17. The summed E-state index contributed by atoms with van der Waals surface area (Å²) in [5, 5.41) is 2.10. The standard InChI is InChI=1S/C19H20F2N2O4S/c1-2-26-19(25)12-4-3-7-23(9-12)18(24)15-11-28-17(22-15)10-27-16-6-5-13(20)8-14(16)21/h5-6,8,11-12H,2-4,7,9-10H2,1H3/t12-/m1/s1. The Morgan fingerprint density at radius 3 is 2.93 bits per heavy atom. The molecule has 9 heteroatoms. The van der Waals surface area contributed by atoms with Gasteiger partial charge in [0, 0.05) is 24.5 Å². The Morgan fingerprint density at radius 2 is 2.18 bits per heavy atom. The molecule has 1 aliphatic rings. The summed E-state index contributed by atoms with van der Waals surface area (Å²) in [5.41, 5.74) is 0.257. The van der Waals surface area contributed by atoms with Gasteiger partial charge in [-0.25, -0.2) is 13.8 Å². The molecule has 0 saturated carbocycles. The summed E-state index contributed by atoms with van der Waals surface area (Å²) < 4.78 is 36.9. The number of thiazole rings is 1. The monoisotopic (exact) mass is 410 g/mol. The van der Waals surface area contributed by atoms with Gasteiger partial charge >= 0.3 is 5.97 Å². The van der Waals surface area contributed by atoms with Gasteiger partial charge in [-0.1, -0.05) is 0 Å². The smallest absolute Gasteiger partial charge is 0.310 e. The fourth-order valence-corrected chi connectivity index (χ4v) is 3.66. The van der Waals surface area contributed by atoms with Gasteiger partial charge in [0.2, 0.25) is 0 Å². The highest BCUT2D eigenvalue weighted by Crippen LogP contribution is 2.22. The normalized spacial score (nSPS) is 16.7. The average Bonchev–Trinajstić information content (AvgIpc) is 3.16. The molecule has 1 aromatic heterocycles. The van der Waals surface area contributed by atoms with Crippen LogP contribution in [-0.2, 0) is 16.1 Å². The minimum atomic E-state index is -0.800. The molecular formula is C19H20F2N2O4S. The maximum Gasteiger partial charge on any atom is 0.310 e. The van der Waals surface area contributed by atoms with Crippen molar-refractivity contribution in [2.45, 2.75) is 26.4 Å². The van der Waals surface area contributed by atoms with Crippen molar-refractivity contribution >= 4 is 23.2 Å². The molecule has 1 saturated heterocycles. The molecule has 0 unspecified atom stereocenters. The molecule has 28 heavy (non-hydrogen) atoms. The Morgan fingerprint density at radius 1 is 1.36 bits per heavy atom. The number of ether oxygens (including phenoxy) is 2. The van der Waals surface area contributed by atoms with Crippen molar-refractivity contribution in [3.8, 4) is 5.75 Å². The molecule has 1 aromatic carbocycles. The van der Waals surface area contributed by atoms with Crippen LogP contribution in [0.1, 0.15) is 35.3 Å². The van der Waals surface area contributed by atoms with Gasteiger partial charge in [-0.3, -0.25) is 9.59 Å². The number of piperidine rings is 1. The third kappa shape index (κ3) is 4.83. The quantitative estimate of drug-likeness (QED) is 0.683. The van der Waals surface area contributed by atoms with Gasteiger partial charge in [-0.05, 0) is 31.9 Å². The van der Waals surface area contributed by atoms with Crippen LogP contribution in [0.2, 0.25) is 0 Å². The minimum absolute atomic E-state index is 0.0358. The lowest BCUT2D eigenvalue weighted by Gasteiger charge is -2.31.